The van der Waals surface area contributed by atoms with Crippen molar-refractivity contribution in [1.82, 2.24) is 4.31 Å². The molecule has 0 bridgehead atoms. The van der Waals surface area contributed by atoms with Crippen LogP contribution in [-0.4, -0.2) is 32.9 Å². The second-order valence-electron chi connectivity index (χ2n) is 5.36. The average Bonchev–Trinajstić information content (AvgIpc) is 2.39. The molecule has 2 atom stereocenters. The van der Waals surface area contributed by atoms with Gasteiger partial charge in [0, 0.05) is 20.1 Å². The van der Waals surface area contributed by atoms with E-state index in [1.807, 2.05) is 0 Å². The molecule has 0 spiro atoms. The number of sulfonamides is 1. The second-order valence-corrected chi connectivity index (χ2v) is 7.51. The Morgan fingerprint density at radius 1 is 1.30 bits per heavy atom. The van der Waals surface area contributed by atoms with Crippen molar-refractivity contribution < 1.29 is 8.42 Å². The van der Waals surface area contributed by atoms with Gasteiger partial charge in [0.25, 0.3) is 0 Å². The van der Waals surface area contributed by atoms with Crippen molar-refractivity contribution in [2.24, 2.45) is 5.92 Å². The van der Waals surface area contributed by atoms with E-state index in [1.165, 1.54) is 24.5 Å². The van der Waals surface area contributed by atoms with Crippen molar-refractivity contribution in [2.45, 2.75) is 38.1 Å². The van der Waals surface area contributed by atoms with E-state index in [1.54, 1.807) is 12.1 Å². The van der Waals surface area contributed by atoms with Gasteiger partial charge in [-0.15, -0.1) is 0 Å². The number of nitrogens with one attached hydrogen (secondary N) is 1. The van der Waals surface area contributed by atoms with Crippen molar-refractivity contribution in [2.75, 3.05) is 25.1 Å². The lowest BCUT2D eigenvalue weighted by molar-refractivity contribution is 0.494. The third-order valence-corrected chi connectivity index (χ3v) is 5.50. The Balaban J connectivity index is 3.10. The fourth-order valence-electron chi connectivity index (χ4n) is 1.77. The van der Waals surface area contributed by atoms with Gasteiger partial charge < -0.3 is 11.1 Å². The summed E-state index contributed by atoms with van der Waals surface area (Å²) in [4.78, 5) is 0.246. The van der Waals surface area contributed by atoms with Crippen molar-refractivity contribution in [1.29, 1.82) is 0 Å². The molecule has 0 aliphatic carbocycles. The van der Waals surface area contributed by atoms with Crippen LogP contribution >= 0.6 is 0 Å². The molecule has 0 radical (unpaired) electrons. The summed E-state index contributed by atoms with van der Waals surface area (Å²) in [5.74, 6) is 0.475. The molecule has 0 aromatic heterocycles. The maximum Gasteiger partial charge on any atom is 0.242 e. The van der Waals surface area contributed by atoms with E-state index in [9.17, 15) is 8.42 Å². The fourth-order valence-corrected chi connectivity index (χ4v) is 2.70. The van der Waals surface area contributed by atoms with E-state index < -0.39 is 10.0 Å². The van der Waals surface area contributed by atoms with E-state index in [-0.39, 0.29) is 10.9 Å². The van der Waals surface area contributed by atoms with Gasteiger partial charge in [0.05, 0.1) is 16.3 Å². The quantitative estimate of drug-likeness (QED) is 0.791. The van der Waals surface area contributed by atoms with Crippen LogP contribution in [-0.2, 0) is 10.0 Å². The molecule has 0 saturated heterocycles. The number of nitrogens with zero attached hydrogens (tertiary/aromatic N) is 1. The van der Waals surface area contributed by atoms with E-state index in [2.05, 4.69) is 26.1 Å². The molecule has 3 N–H and O–H groups in total. The molecule has 0 fully saturated rings. The summed E-state index contributed by atoms with van der Waals surface area (Å²) in [5.41, 5.74) is 7.15. The number of hydrogen-bond donors (Lipinski definition) is 2. The number of nitrogen functional groups attached to an aromatic ring is 1. The van der Waals surface area contributed by atoms with Crippen LogP contribution in [0.1, 0.15) is 27.2 Å². The predicted octanol–water partition coefficient (Wildman–Crippen LogP) is 2.37. The average molecular weight is 299 g/mol. The molecule has 0 aliphatic heterocycles. The topological polar surface area (TPSA) is 75.4 Å². The molecule has 114 valence electrons. The highest BCUT2D eigenvalue weighted by atomic mass is 32.2. The van der Waals surface area contributed by atoms with Gasteiger partial charge in [-0.1, -0.05) is 20.3 Å². The summed E-state index contributed by atoms with van der Waals surface area (Å²) >= 11 is 0. The van der Waals surface area contributed by atoms with Crippen LogP contribution in [0.5, 0.6) is 0 Å². The maximum atomic E-state index is 12.1. The van der Waals surface area contributed by atoms with Gasteiger partial charge in [0.2, 0.25) is 10.0 Å². The molecule has 1 aromatic rings. The normalized spacial score (nSPS) is 15.1. The Hall–Kier alpha value is -1.27. The van der Waals surface area contributed by atoms with E-state index in [4.69, 9.17) is 5.73 Å². The van der Waals surface area contributed by atoms with Gasteiger partial charge in [-0.05, 0) is 31.0 Å². The monoisotopic (exact) mass is 299 g/mol. The summed E-state index contributed by atoms with van der Waals surface area (Å²) in [6.07, 6.45) is 1.05. The Morgan fingerprint density at radius 2 is 1.90 bits per heavy atom. The Morgan fingerprint density at radius 3 is 2.40 bits per heavy atom. The van der Waals surface area contributed by atoms with Crippen molar-refractivity contribution in [3.05, 3.63) is 18.2 Å². The molecular formula is C14H25N3O2S. The third-order valence-electron chi connectivity index (χ3n) is 3.68. The van der Waals surface area contributed by atoms with Crippen LogP contribution in [0.15, 0.2) is 23.1 Å². The molecule has 0 amide bonds. The molecule has 1 rings (SSSR count). The van der Waals surface area contributed by atoms with Crippen LogP contribution in [0.4, 0.5) is 11.4 Å². The lowest BCUT2D eigenvalue weighted by atomic mass is 10.0. The zero-order valence-corrected chi connectivity index (χ0v) is 13.7. The standard InChI is InChI=1S/C14H25N3O2S/c1-6-10(2)11(3)16-14-9-12(7-8-13(14)15)20(18,19)17(4)5/h7-11,16H,6,15H2,1-5H3. The Labute approximate surface area is 122 Å². The van der Waals surface area contributed by atoms with Gasteiger partial charge in [-0.25, -0.2) is 12.7 Å². The molecule has 6 heteroatoms. The molecule has 1 aromatic carbocycles. The Bertz CT molecular complexity index is 556. The summed E-state index contributed by atoms with van der Waals surface area (Å²) in [6.45, 7) is 6.34. The minimum atomic E-state index is -3.44. The smallest absolute Gasteiger partial charge is 0.242 e. The lowest BCUT2D eigenvalue weighted by Crippen LogP contribution is -2.25. The molecule has 0 heterocycles. The van der Waals surface area contributed by atoms with Crippen LogP contribution in [0, 0.1) is 5.92 Å². The van der Waals surface area contributed by atoms with E-state index in [0.29, 0.717) is 17.3 Å². The molecule has 0 aliphatic rings. The van der Waals surface area contributed by atoms with Crippen molar-refractivity contribution in [3.63, 3.8) is 0 Å². The number of nitrogens with two attached hydrogens (primary N) is 1. The first-order valence-corrected chi connectivity index (χ1v) is 8.22. The largest absolute Gasteiger partial charge is 0.397 e. The summed E-state index contributed by atoms with van der Waals surface area (Å²) in [7, 11) is -0.411. The molecule has 5 nitrogen and oxygen atoms in total. The highest BCUT2D eigenvalue weighted by Gasteiger charge is 2.19. The van der Waals surface area contributed by atoms with Gasteiger partial charge in [0.15, 0.2) is 0 Å². The maximum absolute atomic E-state index is 12.1. The van der Waals surface area contributed by atoms with E-state index >= 15 is 0 Å². The fraction of sp³-hybridized carbons (Fsp3) is 0.571. The van der Waals surface area contributed by atoms with E-state index in [0.717, 1.165) is 6.42 Å². The highest BCUT2D eigenvalue weighted by molar-refractivity contribution is 7.89. The first-order chi connectivity index (χ1) is 9.20. The highest BCUT2D eigenvalue weighted by Crippen LogP contribution is 2.26. The summed E-state index contributed by atoms with van der Waals surface area (Å²) in [5, 5.41) is 3.30. The van der Waals surface area contributed by atoms with Crippen LogP contribution in [0.25, 0.3) is 0 Å². The SMILES string of the molecule is CCC(C)C(C)Nc1cc(S(=O)(=O)N(C)C)ccc1N. The number of rotatable bonds is 6. The number of hydrogen-bond acceptors (Lipinski definition) is 4. The van der Waals surface area contributed by atoms with Crippen molar-refractivity contribution >= 4 is 21.4 Å². The van der Waals surface area contributed by atoms with Crippen molar-refractivity contribution in [3.8, 4) is 0 Å². The van der Waals surface area contributed by atoms with Gasteiger partial charge in [-0.2, -0.15) is 0 Å². The second kappa shape index (κ2) is 6.45. The zero-order chi connectivity index (χ0) is 15.5. The zero-order valence-electron chi connectivity index (χ0n) is 12.8. The van der Waals surface area contributed by atoms with Crippen LogP contribution in [0.3, 0.4) is 0 Å². The summed E-state index contributed by atoms with van der Waals surface area (Å²) in [6, 6.07) is 4.98. The first kappa shape index (κ1) is 16.8. The first-order valence-electron chi connectivity index (χ1n) is 6.78. The molecule has 0 saturated carbocycles. The molecule has 20 heavy (non-hydrogen) atoms. The van der Waals surface area contributed by atoms with Gasteiger partial charge in [-0.3, -0.25) is 0 Å². The number of benzene rings is 1. The number of anilines is 2. The molecule has 2 unspecified atom stereocenters. The minimum Gasteiger partial charge on any atom is -0.397 e. The summed E-state index contributed by atoms with van der Waals surface area (Å²) < 4.78 is 25.5. The van der Waals surface area contributed by atoms with Crippen LogP contribution < -0.4 is 11.1 Å². The Kier molecular flexibility index (Phi) is 5.42. The lowest BCUT2D eigenvalue weighted by Gasteiger charge is -2.23. The van der Waals surface area contributed by atoms with Crippen LogP contribution in [0.2, 0.25) is 0 Å². The molecular weight excluding hydrogens is 274 g/mol. The minimum absolute atomic E-state index is 0.222. The van der Waals surface area contributed by atoms with Gasteiger partial charge >= 0.3 is 0 Å². The third kappa shape index (κ3) is 3.64. The predicted molar refractivity (Wildman–Crippen MR) is 84.3 cm³/mol. The van der Waals surface area contributed by atoms with Gasteiger partial charge in [0.1, 0.15) is 0 Å².